The van der Waals surface area contributed by atoms with Gasteiger partial charge in [-0.1, -0.05) is 13.8 Å². The van der Waals surface area contributed by atoms with Crippen LogP contribution in [0.2, 0.25) is 0 Å². The van der Waals surface area contributed by atoms with Crippen LogP contribution in [0, 0.1) is 0 Å². The molecule has 0 aliphatic carbocycles. The third-order valence-corrected chi connectivity index (χ3v) is 5.58. The van der Waals surface area contributed by atoms with Gasteiger partial charge in [0.15, 0.2) is 0 Å². The molecule has 0 aromatic rings. The van der Waals surface area contributed by atoms with Gasteiger partial charge in [-0.15, -0.1) is 0 Å². The van der Waals surface area contributed by atoms with Crippen LogP contribution in [0.3, 0.4) is 0 Å². The molecule has 44 heavy (non-hydrogen) atoms. The molecule has 1 unspecified atom stereocenters. The number of carbonyl (C=O) groups is 3. The van der Waals surface area contributed by atoms with E-state index < -0.39 is 6.04 Å². The molecular weight excluding hydrogens is 578 g/mol. The molecule has 14 nitrogen and oxygen atoms in total. The van der Waals surface area contributed by atoms with Crippen molar-refractivity contribution in [2.75, 3.05) is 119 Å². The summed E-state index contributed by atoms with van der Waals surface area (Å²) in [5.74, 6) is -0.499. The lowest BCUT2D eigenvalue weighted by Crippen LogP contribution is -2.42. The van der Waals surface area contributed by atoms with Crippen molar-refractivity contribution in [2.24, 2.45) is 0 Å². The largest absolute Gasteiger partial charge is 0.380 e. The second kappa shape index (κ2) is 34.0. The lowest BCUT2D eigenvalue weighted by atomic mass is 10.3. The highest BCUT2D eigenvalue weighted by Crippen LogP contribution is 1.96. The van der Waals surface area contributed by atoms with E-state index in [2.05, 4.69) is 22.9 Å². The quantitative estimate of drug-likeness (QED) is 0.0858. The van der Waals surface area contributed by atoms with Crippen molar-refractivity contribution < 1.29 is 52.3 Å². The maximum Gasteiger partial charge on any atom is 0.222 e. The van der Waals surface area contributed by atoms with Crippen LogP contribution in [0.15, 0.2) is 0 Å². The number of amides is 3. The first kappa shape index (κ1) is 42.1. The monoisotopic (exact) mass is 637 g/mol. The van der Waals surface area contributed by atoms with E-state index in [0.29, 0.717) is 79.2 Å². The van der Waals surface area contributed by atoms with Gasteiger partial charge in [-0.3, -0.25) is 14.4 Å². The molecule has 3 N–H and O–H groups in total. The Morgan fingerprint density at radius 3 is 1.32 bits per heavy atom. The Balaban J connectivity index is 4.21. The Hall–Kier alpha value is -1.91. The third-order valence-electron chi connectivity index (χ3n) is 5.58. The van der Waals surface area contributed by atoms with E-state index in [9.17, 15) is 14.4 Å². The molecule has 0 bridgehead atoms. The van der Waals surface area contributed by atoms with Crippen molar-refractivity contribution >= 4 is 17.7 Å². The summed E-state index contributed by atoms with van der Waals surface area (Å²) in [6.45, 7) is 13.6. The van der Waals surface area contributed by atoms with Crippen molar-refractivity contribution in [2.45, 2.75) is 58.9 Å². The van der Waals surface area contributed by atoms with Crippen molar-refractivity contribution in [1.82, 2.24) is 16.0 Å². The molecular formula is C30H59N3O11. The summed E-state index contributed by atoms with van der Waals surface area (Å²) < 4.78 is 43.5. The van der Waals surface area contributed by atoms with Crippen molar-refractivity contribution in [1.29, 1.82) is 0 Å². The average molecular weight is 638 g/mol. The molecule has 0 radical (unpaired) electrons. The van der Waals surface area contributed by atoms with Gasteiger partial charge in [-0.2, -0.15) is 0 Å². The van der Waals surface area contributed by atoms with Gasteiger partial charge in [0, 0.05) is 52.2 Å². The summed E-state index contributed by atoms with van der Waals surface area (Å²) in [4.78, 5) is 36.4. The van der Waals surface area contributed by atoms with Gasteiger partial charge in [-0.25, -0.2) is 0 Å². The lowest BCUT2D eigenvalue weighted by Gasteiger charge is -2.19. The molecule has 0 saturated carbocycles. The Morgan fingerprint density at radius 1 is 0.455 bits per heavy atom. The van der Waals surface area contributed by atoms with Crippen LogP contribution < -0.4 is 16.0 Å². The Labute approximate surface area is 263 Å². The van der Waals surface area contributed by atoms with E-state index in [1.54, 1.807) is 0 Å². The maximum atomic E-state index is 12.5. The second-order valence-electron chi connectivity index (χ2n) is 9.62. The molecule has 0 aromatic carbocycles. The summed E-state index contributed by atoms with van der Waals surface area (Å²) in [6, 6.07) is -0.454. The molecule has 1 atom stereocenters. The predicted octanol–water partition coefficient (Wildman–Crippen LogP) is 0.847. The third kappa shape index (κ3) is 31.5. The fourth-order valence-electron chi connectivity index (χ4n) is 3.38. The molecule has 0 fully saturated rings. The summed E-state index contributed by atoms with van der Waals surface area (Å²) >= 11 is 0. The number of carbonyl (C=O) groups excluding carboxylic acids is 3. The van der Waals surface area contributed by atoms with E-state index in [1.807, 2.05) is 13.8 Å². The number of rotatable bonds is 34. The zero-order valence-electron chi connectivity index (χ0n) is 27.3. The number of ether oxygens (including phenoxy) is 8. The fourth-order valence-corrected chi connectivity index (χ4v) is 3.38. The first-order chi connectivity index (χ1) is 21.5. The van der Waals surface area contributed by atoms with E-state index in [1.165, 1.54) is 0 Å². The highest BCUT2D eigenvalue weighted by atomic mass is 16.6. The lowest BCUT2D eigenvalue weighted by molar-refractivity contribution is -0.126. The molecule has 0 aromatic heterocycles. The Bertz CT molecular complexity index is 674. The van der Waals surface area contributed by atoms with E-state index >= 15 is 0 Å². The molecule has 14 heteroatoms. The highest BCUT2D eigenvalue weighted by Gasteiger charge is 2.14. The number of hydrogen-bond donors (Lipinski definition) is 3. The first-order valence-corrected chi connectivity index (χ1v) is 16.0. The number of nitrogens with one attached hydrogen (secondary N) is 3. The van der Waals surface area contributed by atoms with Crippen LogP contribution >= 0.6 is 0 Å². The Kier molecular flexibility index (Phi) is 32.5. The van der Waals surface area contributed by atoms with Gasteiger partial charge in [0.05, 0.1) is 91.9 Å². The van der Waals surface area contributed by atoms with Crippen LogP contribution in [0.1, 0.15) is 52.9 Å². The maximum absolute atomic E-state index is 12.5. The zero-order valence-corrected chi connectivity index (χ0v) is 27.3. The van der Waals surface area contributed by atoms with Crippen LogP contribution in [0.25, 0.3) is 0 Å². The normalized spacial score (nSPS) is 11.8. The molecule has 0 saturated heterocycles. The summed E-state index contributed by atoms with van der Waals surface area (Å²) in [5.41, 5.74) is 0. The van der Waals surface area contributed by atoms with Gasteiger partial charge in [0.2, 0.25) is 17.7 Å². The van der Waals surface area contributed by atoms with Crippen LogP contribution in [0.5, 0.6) is 0 Å². The smallest absolute Gasteiger partial charge is 0.222 e. The predicted molar refractivity (Wildman–Crippen MR) is 165 cm³/mol. The topological polar surface area (TPSA) is 161 Å². The van der Waals surface area contributed by atoms with Gasteiger partial charge in [-0.05, 0) is 19.8 Å². The molecule has 260 valence electrons. The zero-order chi connectivity index (χ0) is 32.4. The minimum absolute atomic E-state index is 0.136. The van der Waals surface area contributed by atoms with Crippen LogP contribution in [-0.4, -0.2) is 143 Å². The van der Waals surface area contributed by atoms with Crippen LogP contribution in [0.4, 0.5) is 0 Å². The van der Waals surface area contributed by atoms with E-state index in [-0.39, 0.29) is 70.0 Å². The summed E-state index contributed by atoms with van der Waals surface area (Å²) in [6.07, 6.45) is 2.45. The van der Waals surface area contributed by atoms with Crippen LogP contribution in [-0.2, 0) is 52.3 Å². The number of hydrogen-bond acceptors (Lipinski definition) is 11. The van der Waals surface area contributed by atoms with Crippen molar-refractivity contribution in [3.63, 3.8) is 0 Å². The fraction of sp³-hybridized carbons (Fsp3) is 0.900. The molecule has 0 rings (SSSR count). The summed E-state index contributed by atoms with van der Waals surface area (Å²) in [5, 5.41) is 8.41. The Morgan fingerprint density at radius 2 is 0.841 bits per heavy atom. The minimum Gasteiger partial charge on any atom is -0.380 e. The SMILES string of the molecule is CCCOCCNC(=O)CCOCC(COCCC(=O)NCCOCC)NC(=O)CCOCCOCCOCCOCCC. The average Bonchev–Trinajstić information content (AvgIpc) is 3.01. The minimum atomic E-state index is -0.454. The molecule has 3 amide bonds. The van der Waals surface area contributed by atoms with Gasteiger partial charge in [0.25, 0.3) is 0 Å². The van der Waals surface area contributed by atoms with Crippen molar-refractivity contribution in [3.8, 4) is 0 Å². The van der Waals surface area contributed by atoms with Gasteiger partial charge in [0.1, 0.15) is 0 Å². The van der Waals surface area contributed by atoms with Gasteiger partial charge < -0.3 is 53.8 Å². The van der Waals surface area contributed by atoms with E-state index in [0.717, 1.165) is 19.4 Å². The summed E-state index contributed by atoms with van der Waals surface area (Å²) in [7, 11) is 0. The molecule has 0 spiro atoms. The first-order valence-electron chi connectivity index (χ1n) is 16.0. The van der Waals surface area contributed by atoms with Gasteiger partial charge >= 0.3 is 0 Å². The molecule has 0 heterocycles. The standard InChI is InChI=1S/C30H59N3O11/c1-4-12-38-18-11-32-29(35)8-16-44-26-27(25-43-15-7-28(34)31-10-17-37-6-3)33-30(36)9-14-40-20-22-42-24-23-41-21-19-39-13-5-2/h27H,4-26H2,1-3H3,(H,31,34)(H,32,35)(H,33,36). The van der Waals surface area contributed by atoms with Crippen molar-refractivity contribution in [3.05, 3.63) is 0 Å². The highest BCUT2D eigenvalue weighted by molar-refractivity contribution is 5.76. The van der Waals surface area contributed by atoms with E-state index in [4.69, 9.17) is 37.9 Å². The molecule has 0 aliphatic rings. The second-order valence-corrected chi connectivity index (χ2v) is 9.62. The molecule has 0 aliphatic heterocycles.